The molecule has 0 spiro atoms. The van der Waals surface area contributed by atoms with Crippen molar-refractivity contribution < 1.29 is 17.9 Å². The molecule has 0 aliphatic rings. The fourth-order valence-electron chi connectivity index (χ4n) is 3.87. The highest BCUT2D eigenvalue weighted by atomic mass is 32.2. The fourth-order valence-corrected chi connectivity index (χ4v) is 4.72. The molecule has 0 saturated heterocycles. The molecule has 1 aromatic carbocycles. The van der Waals surface area contributed by atoms with Crippen LogP contribution >= 0.6 is 11.8 Å². The predicted molar refractivity (Wildman–Crippen MR) is 138 cm³/mol. The molecule has 0 fully saturated rings. The Kier molecular flexibility index (Phi) is 6.76. The smallest absolute Gasteiger partial charge is 0.422 e. The quantitative estimate of drug-likeness (QED) is 0.269. The second-order valence-corrected chi connectivity index (χ2v) is 9.29. The Morgan fingerprint density at radius 1 is 1.16 bits per heavy atom. The van der Waals surface area contributed by atoms with Gasteiger partial charge < -0.3 is 15.5 Å². The number of alkyl halides is 3. The Balaban J connectivity index is 1.57. The molecule has 0 bridgehead atoms. The molecule has 0 unspecified atom stereocenters. The van der Waals surface area contributed by atoms with E-state index in [4.69, 9.17) is 10.1 Å². The molecular formula is C25H21F3N8OS. The van der Waals surface area contributed by atoms with Gasteiger partial charge in [0.25, 0.3) is 0 Å². The van der Waals surface area contributed by atoms with Crippen LogP contribution in [0.15, 0.2) is 71.4 Å². The number of fused-ring (bicyclic) bond motifs is 2. The van der Waals surface area contributed by atoms with Crippen molar-refractivity contribution in [3.63, 3.8) is 0 Å². The average molecular weight is 539 g/mol. The summed E-state index contributed by atoms with van der Waals surface area (Å²) in [5, 5.41) is 24.2. The fraction of sp³-hybridized carbons (Fsp3) is 0.160. The van der Waals surface area contributed by atoms with Gasteiger partial charge in [0.15, 0.2) is 17.4 Å². The van der Waals surface area contributed by atoms with Crippen molar-refractivity contribution in [3.05, 3.63) is 66.9 Å². The maximum atomic E-state index is 13.1. The van der Waals surface area contributed by atoms with Gasteiger partial charge in [-0.3, -0.25) is 14.1 Å². The number of nitrogens with one attached hydrogen (secondary N) is 2. The van der Waals surface area contributed by atoms with Crippen LogP contribution in [0.25, 0.3) is 33.3 Å². The van der Waals surface area contributed by atoms with Gasteiger partial charge in [-0.1, -0.05) is 0 Å². The number of aromatic nitrogens is 6. The topological polar surface area (TPSA) is 106 Å². The minimum atomic E-state index is -4.51. The molecule has 0 radical (unpaired) electrons. The molecule has 5 rings (SSSR count). The number of halogens is 3. The van der Waals surface area contributed by atoms with Crippen molar-refractivity contribution in [3.8, 4) is 16.9 Å². The van der Waals surface area contributed by atoms with E-state index in [0.29, 0.717) is 43.3 Å². The minimum Gasteiger partial charge on any atom is -0.483 e. The van der Waals surface area contributed by atoms with E-state index >= 15 is 0 Å². The van der Waals surface area contributed by atoms with Crippen molar-refractivity contribution in [1.82, 2.24) is 34.7 Å². The molecule has 0 aliphatic carbocycles. The van der Waals surface area contributed by atoms with E-state index < -0.39 is 12.8 Å². The van der Waals surface area contributed by atoms with Crippen LogP contribution in [-0.2, 0) is 7.05 Å². The summed E-state index contributed by atoms with van der Waals surface area (Å²) in [5.41, 5.74) is 3.55. The Morgan fingerprint density at radius 2 is 2.00 bits per heavy atom. The number of rotatable bonds is 8. The van der Waals surface area contributed by atoms with E-state index in [1.165, 1.54) is 24.2 Å². The zero-order chi connectivity index (χ0) is 26.9. The molecule has 0 aliphatic heterocycles. The third kappa shape index (κ3) is 5.18. The largest absolute Gasteiger partial charge is 0.483 e. The number of hydrogen-bond donors (Lipinski definition) is 2. The molecule has 4 aromatic heterocycles. The minimum absolute atomic E-state index is 0.0731. The van der Waals surface area contributed by atoms with E-state index in [1.807, 2.05) is 18.3 Å². The molecule has 38 heavy (non-hydrogen) atoms. The van der Waals surface area contributed by atoms with Gasteiger partial charge in [0.2, 0.25) is 0 Å². The van der Waals surface area contributed by atoms with Crippen LogP contribution in [0.1, 0.15) is 5.56 Å². The highest BCUT2D eigenvalue weighted by molar-refractivity contribution is 7.99. The zero-order valence-electron chi connectivity index (χ0n) is 20.2. The van der Waals surface area contributed by atoms with E-state index in [9.17, 15) is 13.2 Å². The van der Waals surface area contributed by atoms with Gasteiger partial charge in [-0.2, -0.15) is 18.3 Å². The van der Waals surface area contributed by atoms with Crippen LogP contribution in [0, 0.1) is 5.41 Å². The van der Waals surface area contributed by atoms with Crippen LogP contribution in [0.2, 0.25) is 0 Å². The standard InChI is InChI=1S/C25H21F3N8OS/c1-30-9-16(8-29)15-3-6-22-33-34-24(36(22)13-15)38-18-4-5-21-19(7-18)23(37-14-25(26,27)28)20(11-31-21)17-10-32-35(2)12-17/h3-13,29-30H,14H2,1-2H3/b16-9+,29-8?. The highest BCUT2D eigenvalue weighted by Gasteiger charge is 2.29. The summed E-state index contributed by atoms with van der Waals surface area (Å²) < 4.78 is 48.1. The van der Waals surface area contributed by atoms with E-state index in [2.05, 4.69) is 25.6 Å². The number of benzene rings is 1. The van der Waals surface area contributed by atoms with E-state index in [1.54, 1.807) is 60.0 Å². The van der Waals surface area contributed by atoms with Gasteiger partial charge >= 0.3 is 6.18 Å². The summed E-state index contributed by atoms with van der Waals surface area (Å²) in [6.07, 6.45) is 5.00. The van der Waals surface area contributed by atoms with Crippen molar-refractivity contribution in [2.24, 2.45) is 7.05 Å². The normalized spacial score (nSPS) is 12.3. The number of pyridine rings is 2. The van der Waals surface area contributed by atoms with E-state index in [-0.39, 0.29) is 5.75 Å². The first-order valence-electron chi connectivity index (χ1n) is 11.3. The van der Waals surface area contributed by atoms with Crippen LogP contribution in [0.5, 0.6) is 5.75 Å². The number of ether oxygens (including phenoxy) is 1. The molecule has 13 heteroatoms. The second-order valence-electron chi connectivity index (χ2n) is 8.25. The lowest BCUT2D eigenvalue weighted by Gasteiger charge is -2.15. The van der Waals surface area contributed by atoms with Gasteiger partial charge in [-0.05, 0) is 42.1 Å². The van der Waals surface area contributed by atoms with Gasteiger partial charge in [0.1, 0.15) is 5.75 Å². The third-order valence-electron chi connectivity index (χ3n) is 5.55. The summed E-state index contributed by atoms with van der Waals surface area (Å²) in [6.45, 7) is -1.44. The van der Waals surface area contributed by atoms with Gasteiger partial charge in [-0.15, -0.1) is 10.2 Å². The van der Waals surface area contributed by atoms with Crippen LogP contribution in [0.3, 0.4) is 0 Å². The Hall–Kier alpha value is -4.39. The molecule has 0 atom stereocenters. The maximum absolute atomic E-state index is 13.1. The third-order valence-corrected chi connectivity index (χ3v) is 6.51. The predicted octanol–water partition coefficient (Wildman–Crippen LogP) is 4.98. The summed E-state index contributed by atoms with van der Waals surface area (Å²) in [4.78, 5) is 5.15. The maximum Gasteiger partial charge on any atom is 0.422 e. The highest BCUT2D eigenvalue weighted by Crippen LogP contribution is 2.39. The molecule has 4 heterocycles. The van der Waals surface area contributed by atoms with Gasteiger partial charge in [0.05, 0.1) is 11.7 Å². The molecule has 2 N–H and O–H groups in total. The average Bonchev–Trinajstić information content (AvgIpc) is 3.51. The first-order valence-corrected chi connectivity index (χ1v) is 12.1. The SMILES string of the molecule is CN/C=C(\C=N)c1ccc2nnc(Sc3ccc4ncc(-c5cnn(C)c5)c(OCC(F)(F)F)c4c3)n2c1. The molecule has 0 saturated carbocycles. The van der Waals surface area contributed by atoms with Gasteiger partial charge in [0, 0.05) is 77.6 Å². The van der Waals surface area contributed by atoms with Crippen molar-refractivity contribution >= 4 is 40.1 Å². The van der Waals surface area contributed by atoms with Gasteiger partial charge in [-0.25, -0.2) is 0 Å². The molecule has 0 amide bonds. The monoisotopic (exact) mass is 538 g/mol. The summed E-state index contributed by atoms with van der Waals surface area (Å²) in [6, 6.07) is 8.91. The van der Waals surface area contributed by atoms with Crippen molar-refractivity contribution in [2.75, 3.05) is 13.7 Å². The molecular weight excluding hydrogens is 517 g/mol. The first-order chi connectivity index (χ1) is 18.3. The van der Waals surface area contributed by atoms with Crippen molar-refractivity contribution in [2.45, 2.75) is 16.2 Å². The van der Waals surface area contributed by atoms with Crippen molar-refractivity contribution in [1.29, 1.82) is 5.41 Å². The molecule has 194 valence electrons. The Bertz CT molecular complexity index is 1670. The number of hydrogen-bond acceptors (Lipinski definition) is 8. The van der Waals surface area contributed by atoms with E-state index in [0.717, 1.165) is 5.56 Å². The second kappa shape index (κ2) is 10.2. The zero-order valence-corrected chi connectivity index (χ0v) is 21.0. The summed E-state index contributed by atoms with van der Waals surface area (Å²) in [5.74, 6) is 0.0731. The lowest BCUT2D eigenvalue weighted by atomic mass is 10.1. The summed E-state index contributed by atoms with van der Waals surface area (Å²) >= 11 is 1.29. The van der Waals surface area contributed by atoms with Crippen LogP contribution in [-0.4, -0.2) is 55.4 Å². The van der Waals surface area contributed by atoms with Crippen LogP contribution in [0.4, 0.5) is 13.2 Å². The first kappa shape index (κ1) is 25.3. The number of allylic oxidation sites excluding steroid dienone is 1. The Morgan fingerprint density at radius 3 is 2.71 bits per heavy atom. The summed E-state index contributed by atoms with van der Waals surface area (Å²) in [7, 11) is 3.47. The van der Waals surface area contributed by atoms with Crippen LogP contribution < -0.4 is 10.1 Å². The Labute approximate surface area is 218 Å². The number of nitrogens with zero attached hydrogens (tertiary/aromatic N) is 6. The molecule has 9 nitrogen and oxygen atoms in total. The lowest BCUT2D eigenvalue weighted by molar-refractivity contribution is -0.153. The molecule has 5 aromatic rings. The lowest BCUT2D eigenvalue weighted by Crippen LogP contribution is -2.19. The number of aryl methyl sites for hydroxylation is 1.